The lowest BCUT2D eigenvalue weighted by Crippen LogP contribution is -2.32. The topological polar surface area (TPSA) is 29.1 Å². The van der Waals surface area contributed by atoms with E-state index in [1.807, 2.05) is 18.2 Å². The van der Waals surface area contributed by atoms with E-state index in [4.69, 9.17) is 0 Å². The Kier molecular flexibility index (Phi) is 4.56. The van der Waals surface area contributed by atoms with Crippen LogP contribution < -0.4 is 5.32 Å². The van der Waals surface area contributed by atoms with E-state index in [2.05, 4.69) is 38.2 Å². The molecule has 1 aliphatic carbocycles. The maximum atomic E-state index is 12.1. The first-order valence-corrected chi connectivity index (χ1v) is 7.92. The lowest BCUT2D eigenvalue weighted by atomic mass is 10.0. The van der Waals surface area contributed by atoms with Crippen LogP contribution in [0.15, 0.2) is 30.3 Å². The predicted octanol–water partition coefficient (Wildman–Crippen LogP) is 3.79. The van der Waals surface area contributed by atoms with Crippen molar-refractivity contribution in [3.8, 4) is 0 Å². The molecule has 1 aliphatic rings. The number of rotatable bonds is 5. The average molecular weight is 277 g/mol. The minimum atomic E-state index is 0.138. The summed E-state index contributed by atoms with van der Waals surface area (Å²) in [6, 6.07) is 10.5. The molecule has 0 aromatic heterocycles. The van der Waals surface area contributed by atoms with Crippen molar-refractivity contribution in [2.75, 3.05) is 5.75 Å². The van der Waals surface area contributed by atoms with E-state index >= 15 is 0 Å². The van der Waals surface area contributed by atoms with Gasteiger partial charge in [-0.05, 0) is 24.3 Å². The second kappa shape index (κ2) is 6.00. The molecule has 3 heteroatoms. The van der Waals surface area contributed by atoms with Gasteiger partial charge < -0.3 is 5.32 Å². The third kappa shape index (κ3) is 4.90. The van der Waals surface area contributed by atoms with Crippen LogP contribution >= 0.6 is 11.8 Å². The zero-order valence-electron chi connectivity index (χ0n) is 12.0. The lowest BCUT2D eigenvalue weighted by molar-refractivity contribution is -0.119. The molecular formula is C16H23NOS. The van der Waals surface area contributed by atoms with E-state index in [0.717, 1.165) is 0 Å². The van der Waals surface area contributed by atoms with Crippen LogP contribution in [0.4, 0.5) is 0 Å². The van der Waals surface area contributed by atoms with Crippen molar-refractivity contribution in [3.63, 3.8) is 0 Å². The molecule has 1 fully saturated rings. The Morgan fingerprint density at radius 1 is 1.32 bits per heavy atom. The predicted molar refractivity (Wildman–Crippen MR) is 82.3 cm³/mol. The maximum absolute atomic E-state index is 12.1. The van der Waals surface area contributed by atoms with E-state index in [9.17, 15) is 4.79 Å². The standard InChI is InChI=1S/C16H23NOS/c1-16(2,3)19-11-14(18)17-15(13-9-10-13)12-7-5-4-6-8-12/h4-8,13,15H,9-11H2,1-3H3,(H,17,18). The Balaban J connectivity index is 1.93. The Hall–Kier alpha value is -0.960. The van der Waals surface area contributed by atoms with Crippen molar-refractivity contribution in [3.05, 3.63) is 35.9 Å². The summed E-state index contributed by atoms with van der Waals surface area (Å²) < 4.78 is 0.138. The number of benzene rings is 1. The number of nitrogens with one attached hydrogen (secondary N) is 1. The molecule has 1 unspecified atom stereocenters. The summed E-state index contributed by atoms with van der Waals surface area (Å²) in [7, 11) is 0. The molecule has 0 bridgehead atoms. The minimum Gasteiger partial charge on any atom is -0.348 e. The molecule has 0 radical (unpaired) electrons. The number of amides is 1. The van der Waals surface area contributed by atoms with Crippen LogP contribution in [0, 0.1) is 5.92 Å². The van der Waals surface area contributed by atoms with Crippen molar-refractivity contribution >= 4 is 17.7 Å². The molecule has 1 atom stereocenters. The van der Waals surface area contributed by atoms with Crippen molar-refractivity contribution in [1.29, 1.82) is 0 Å². The van der Waals surface area contributed by atoms with Gasteiger partial charge in [0.25, 0.3) is 0 Å². The molecule has 0 saturated heterocycles. The fourth-order valence-corrected chi connectivity index (χ4v) is 2.71. The second-order valence-corrected chi connectivity index (χ2v) is 8.00. The van der Waals surface area contributed by atoms with Gasteiger partial charge in [-0.15, -0.1) is 11.8 Å². The highest BCUT2D eigenvalue weighted by Gasteiger charge is 2.33. The van der Waals surface area contributed by atoms with Crippen molar-refractivity contribution in [1.82, 2.24) is 5.32 Å². The van der Waals surface area contributed by atoms with Crippen LogP contribution in [0.3, 0.4) is 0 Å². The van der Waals surface area contributed by atoms with Crippen LogP contribution in [0.25, 0.3) is 0 Å². The minimum absolute atomic E-state index is 0.138. The summed E-state index contributed by atoms with van der Waals surface area (Å²) in [5.41, 5.74) is 1.24. The quantitative estimate of drug-likeness (QED) is 0.887. The summed E-state index contributed by atoms with van der Waals surface area (Å²) in [5.74, 6) is 1.33. The molecule has 2 nitrogen and oxygen atoms in total. The molecular weight excluding hydrogens is 254 g/mol. The van der Waals surface area contributed by atoms with Gasteiger partial charge in [-0.2, -0.15) is 0 Å². The first kappa shape index (κ1) is 14.4. The first-order valence-electron chi connectivity index (χ1n) is 6.94. The molecule has 2 rings (SSSR count). The number of carbonyl (C=O) groups excluding carboxylic acids is 1. The number of hydrogen-bond acceptors (Lipinski definition) is 2. The van der Waals surface area contributed by atoms with Gasteiger partial charge in [0.15, 0.2) is 0 Å². The van der Waals surface area contributed by atoms with Gasteiger partial charge in [0.1, 0.15) is 0 Å². The largest absolute Gasteiger partial charge is 0.348 e. The van der Waals surface area contributed by atoms with Crippen LogP contribution in [0.1, 0.15) is 45.2 Å². The monoisotopic (exact) mass is 277 g/mol. The van der Waals surface area contributed by atoms with E-state index < -0.39 is 0 Å². The third-order valence-corrected chi connectivity index (χ3v) is 4.48. The Morgan fingerprint density at radius 2 is 1.95 bits per heavy atom. The van der Waals surface area contributed by atoms with Crippen molar-refractivity contribution in [2.24, 2.45) is 5.92 Å². The van der Waals surface area contributed by atoms with E-state index in [1.54, 1.807) is 11.8 Å². The molecule has 0 spiro atoms. The van der Waals surface area contributed by atoms with Crippen LogP contribution in [-0.4, -0.2) is 16.4 Å². The SMILES string of the molecule is CC(C)(C)SCC(=O)NC(c1ccccc1)C1CC1. The van der Waals surface area contributed by atoms with Gasteiger partial charge >= 0.3 is 0 Å². The number of thioether (sulfide) groups is 1. The summed E-state index contributed by atoms with van der Waals surface area (Å²) in [4.78, 5) is 12.1. The fraction of sp³-hybridized carbons (Fsp3) is 0.562. The molecule has 1 saturated carbocycles. The summed E-state index contributed by atoms with van der Waals surface area (Å²) in [6.07, 6.45) is 2.46. The molecule has 19 heavy (non-hydrogen) atoms. The summed E-state index contributed by atoms with van der Waals surface area (Å²) >= 11 is 1.70. The van der Waals surface area contributed by atoms with Crippen molar-refractivity contribution < 1.29 is 4.79 Å². The van der Waals surface area contributed by atoms with Crippen LogP contribution in [0.5, 0.6) is 0 Å². The van der Waals surface area contributed by atoms with Crippen LogP contribution in [0.2, 0.25) is 0 Å². The first-order chi connectivity index (χ1) is 8.96. The number of carbonyl (C=O) groups is 1. The van der Waals surface area contributed by atoms with Crippen LogP contribution in [-0.2, 0) is 4.79 Å². The van der Waals surface area contributed by atoms with E-state index in [0.29, 0.717) is 11.7 Å². The average Bonchev–Trinajstić information content (AvgIpc) is 3.18. The van der Waals surface area contributed by atoms with Crippen molar-refractivity contribution in [2.45, 2.75) is 44.4 Å². The highest BCUT2D eigenvalue weighted by molar-refractivity contribution is 8.01. The second-order valence-electron chi connectivity index (χ2n) is 6.19. The van der Waals surface area contributed by atoms with E-state index in [1.165, 1.54) is 18.4 Å². The smallest absolute Gasteiger partial charge is 0.230 e. The highest BCUT2D eigenvalue weighted by Crippen LogP contribution is 2.41. The Labute approximate surface area is 120 Å². The molecule has 0 heterocycles. The molecule has 1 aromatic rings. The molecule has 1 aromatic carbocycles. The van der Waals surface area contributed by atoms with Gasteiger partial charge in [-0.25, -0.2) is 0 Å². The zero-order chi connectivity index (χ0) is 13.9. The Morgan fingerprint density at radius 3 is 2.47 bits per heavy atom. The molecule has 0 aliphatic heterocycles. The zero-order valence-corrected chi connectivity index (χ0v) is 12.8. The summed E-state index contributed by atoms with van der Waals surface area (Å²) in [5, 5.41) is 3.21. The lowest BCUT2D eigenvalue weighted by Gasteiger charge is -2.21. The van der Waals surface area contributed by atoms with E-state index in [-0.39, 0.29) is 16.7 Å². The van der Waals surface area contributed by atoms with Gasteiger partial charge in [0.2, 0.25) is 5.91 Å². The normalized spacial score (nSPS) is 17.0. The molecule has 1 N–H and O–H groups in total. The molecule has 1 amide bonds. The van der Waals surface area contributed by atoms with Gasteiger partial charge in [-0.1, -0.05) is 51.1 Å². The van der Waals surface area contributed by atoms with Gasteiger partial charge in [0.05, 0.1) is 11.8 Å². The Bertz CT molecular complexity index is 420. The third-order valence-electron chi connectivity index (χ3n) is 3.20. The number of hydrogen-bond donors (Lipinski definition) is 1. The molecule has 104 valence electrons. The van der Waals surface area contributed by atoms with Gasteiger partial charge in [-0.3, -0.25) is 4.79 Å². The maximum Gasteiger partial charge on any atom is 0.230 e. The van der Waals surface area contributed by atoms with Gasteiger partial charge in [0, 0.05) is 4.75 Å². The highest BCUT2D eigenvalue weighted by atomic mass is 32.2. The summed E-state index contributed by atoms with van der Waals surface area (Å²) in [6.45, 7) is 6.42. The fourth-order valence-electron chi connectivity index (χ4n) is 2.06.